The molecule has 0 amide bonds. The van der Waals surface area contributed by atoms with Crippen molar-refractivity contribution in [2.45, 2.75) is 19.5 Å². The molecule has 1 atom stereocenters. The molecule has 0 saturated heterocycles. The Balaban J connectivity index is 1.80. The number of nitrogens with zero attached hydrogens (tertiary/aromatic N) is 5. The molecule has 3 aromatic heterocycles. The summed E-state index contributed by atoms with van der Waals surface area (Å²) in [7, 11) is 1.93. The Morgan fingerprint density at radius 1 is 1.38 bits per heavy atom. The highest BCUT2D eigenvalue weighted by molar-refractivity contribution is 7.13. The number of nitrogens with one attached hydrogen (secondary N) is 1. The molecule has 0 aliphatic carbocycles. The Labute approximate surface area is 126 Å². The molecule has 0 bridgehead atoms. The largest absolute Gasteiger partial charge is 0.307 e. The van der Waals surface area contributed by atoms with Gasteiger partial charge in [-0.2, -0.15) is 5.10 Å². The second-order valence-electron chi connectivity index (χ2n) is 5.30. The van der Waals surface area contributed by atoms with E-state index in [4.69, 9.17) is 0 Å². The van der Waals surface area contributed by atoms with Crippen LogP contribution < -0.4 is 5.32 Å². The highest BCUT2D eigenvalue weighted by Crippen LogP contribution is 2.31. The van der Waals surface area contributed by atoms with E-state index < -0.39 is 0 Å². The zero-order chi connectivity index (χ0) is 14.4. The summed E-state index contributed by atoms with van der Waals surface area (Å²) < 4.78 is 4.05. The minimum absolute atomic E-state index is 0.0639. The van der Waals surface area contributed by atoms with Crippen LogP contribution in [0, 0.1) is 6.92 Å². The summed E-state index contributed by atoms with van der Waals surface area (Å²) in [5.41, 5.74) is 2.38. The maximum Gasteiger partial charge on any atom is 0.174 e. The molecule has 1 unspecified atom stereocenters. The van der Waals surface area contributed by atoms with Gasteiger partial charge in [-0.15, -0.1) is 21.5 Å². The van der Waals surface area contributed by atoms with Crippen molar-refractivity contribution in [3.05, 3.63) is 40.8 Å². The Kier molecular flexibility index (Phi) is 2.90. The molecule has 6 nitrogen and oxygen atoms in total. The highest BCUT2D eigenvalue weighted by atomic mass is 32.1. The first-order valence-electron chi connectivity index (χ1n) is 6.93. The highest BCUT2D eigenvalue weighted by Gasteiger charge is 2.28. The Hall–Kier alpha value is -1.99. The molecule has 21 heavy (non-hydrogen) atoms. The molecular weight excluding hydrogens is 284 g/mol. The number of aromatic nitrogens is 5. The van der Waals surface area contributed by atoms with E-state index in [-0.39, 0.29) is 6.04 Å². The molecule has 1 N–H and O–H groups in total. The summed E-state index contributed by atoms with van der Waals surface area (Å²) in [4.78, 5) is 1.21. The van der Waals surface area contributed by atoms with Crippen molar-refractivity contribution in [2.75, 3.05) is 6.54 Å². The molecule has 7 heteroatoms. The number of rotatable bonds is 2. The quantitative estimate of drug-likeness (QED) is 0.783. The van der Waals surface area contributed by atoms with E-state index in [2.05, 4.69) is 43.6 Å². The van der Waals surface area contributed by atoms with E-state index in [0.717, 1.165) is 30.3 Å². The second kappa shape index (κ2) is 4.78. The smallest absolute Gasteiger partial charge is 0.174 e. The van der Waals surface area contributed by atoms with Crippen molar-refractivity contribution in [2.24, 2.45) is 7.05 Å². The lowest BCUT2D eigenvalue weighted by molar-refractivity contribution is 0.458. The van der Waals surface area contributed by atoms with Gasteiger partial charge >= 0.3 is 0 Å². The van der Waals surface area contributed by atoms with Crippen LogP contribution in [-0.2, 0) is 13.6 Å². The van der Waals surface area contributed by atoms with E-state index in [1.807, 2.05) is 24.1 Å². The second-order valence-corrected chi connectivity index (χ2v) is 6.22. The van der Waals surface area contributed by atoms with Gasteiger partial charge in [0.15, 0.2) is 11.6 Å². The molecular formula is C14H16N6S. The Morgan fingerprint density at radius 3 is 3.00 bits per heavy atom. The number of hydrogen-bond donors (Lipinski definition) is 1. The number of aryl methyl sites for hydroxylation is 2. The molecule has 4 heterocycles. The van der Waals surface area contributed by atoms with E-state index in [9.17, 15) is 0 Å². The predicted molar refractivity (Wildman–Crippen MR) is 81.1 cm³/mol. The summed E-state index contributed by atoms with van der Waals surface area (Å²) in [6.07, 6.45) is 3.91. The standard InChI is InChI=1S/C14H16N6S/c1-9-3-6-21-12(9)14-18-17-13-11(15-4-5-20(13)14)10-7-16-19(2)8-10/h3,6-8,11,15H,4-5H2,1-2H3. The van der Waals surface area contributed by atoms with Crippen molar-refractivity contribution in [1.82, 2.24) is 29.9 Å². The summed E-state index contributed by atoms with van der Waals surface area (Å²) >= 11 is 1.72. The molecule has 0 fully saturated rings. The van der Waals surface area contributed by atoms with Gasteiger partial charge in [-0.1, -0.05) is 0 Å². The first-order chi connectivity index (χ1) is 10.2. The maximum atomic E-state index is 4.44. The molecule has 108 valence electrons. The van der Waals surface area contributed by atoms with Crippen molar-refractivity contribution < 1.29 is 0 Å². The molecule has 1 aliphatic heterocycles. The van der Waals surface area contributed by atoms with Gasteiger partial charge in [0.05, 0.1) is 17.1 Å². The SMILES string of the molecule is Cc1ccsc1-c1nnc2n1CCNC2c1cnn(C)c1. The number of hydrogen-bond acceptors (Lipinski definition) is 5. The maximum absolute atomic E-state index is 4.44. The average molecular weight is 300 g/mol. The van der Waals surface area contributed by atoms with Gasteiger partial charge in [-0.05, 0) is 23.9 Å². The van der Waals surface area contributed by atoms with Gasteiger partial charge < -0.3 is 9.88 Å². The lowest BCUT2D eigenvalue weighted by Gasteiger charge is -2.24. The normalized spacial score (nSPS) is 17.9. The van der Waals surface area contributed by atoms with Crippen LogP contribution in [0.3, 0.4) is 0 Å². The van der Waals surface area contributed by atoms with Crippen LogP contribution in [0.2, 0.25) is 0 Å². The van der Waals surface area contributed by atoms with Crippen LogP contribution in [0.4, 0.5) is 0 Å². The molecule has 4 rings (SSSR count). The third-order valence-corrected chi connectivity index (χ3v) is 4.86. The van der Waals surface area contributed by atoms with E-state index in [1.54, 1.807) is 11.3 Å². The fourth-order valence-corrected chi connectivity index (χ4v) is 3.71. The van der Waals surface area contributed by atoms with Crippen molar-refractivity contribution in [1.29, 1.82) is 0 Å². The fraction of sp³-hybridized carbons (Fsp3) is 0.357. The molecule has 0 aromatic carbocycles. The van der Waals surface area contributed by atoms with Crippen LogP contribution in [0.15, 0.2) is 23.8 Å². The van der Waals surface area contributed by atoms with E-state index in [0.29, 0.717) is 0 Å². The summed E-state index contributed by atoms with van der Waals surface area (Å²) in [5.74, 6) is 1.95. The van der Waals surface area contributed by atoms with Gasteiger partial charge in [-0.25, -0.2) is 0 Å². The summed E-state index contributed by atoms with van der Waals surface area (Å²) in [6, 6.07) is 2.19. The molecule has 1 aliphatic rings. The van der Waals surface area contributed by atoms with E-state index in [1.165, 1.54) is 10.4 Å². The van der Waals surface area contributed by atoms with Crippen molar-refractivity contribution >= 4 is 11.3 Å². The van der Waals surface area contributed by atoms with Crippen LogP contribution in [0.5, 0.6) is 0 Å². The number of thiophene rings is 1. The molecule has 0 radical (unpaired) electrons. The van der Waals surface area contributed by atoms with Crippen LogP contribution >= 0.6 is 11.3 Å². The van der Waals surface area contributed by atoms with Crippen molar-refractivity contribution in [3.8, 4) is 10.7 Å². The van der Waals surface area contributed by atoms with Crippen LogP contribution in [0.25, 0.3) is 10.7 Å². The third-order valence-electron chi connectivity index (χ3n) is 3.84. The monoisotopic (exact) mass is 300 g/mol. The van der Waals surface area contributed by atoms with Crippen LogP contribution in [-0.4, -0.2) is 31.1 Å². The lowest BCUT2D eigenvalue weighted by Crippen LogP contribution is -2.34. The first-order valence-corrected chi connectivity index (χ1v) is 7.81. The van der Waals surface area contributed by atoms with E-state index >= 15 is 0 Å². The number of fused-ring (bicyclic) bond motifs is 1. The Bertz CT molecular complexity index is 783. The van der Waals surface area contributed by atoms with Gasteiger partial charge in [0.2, 0.25) is 0 Å². The third kappa shape index (κ3) is 2.00. The van der Waals surface area contributed by atoms with Gasteiger partial charge in [0.1, 0.15) is 0 Å². The van der Waals surface area contributed by atoms with Gasteiger partial charge in [0, 0.05) is 31.9 Å². The zero-order valence-corrected chi connectivity index (χ0v) is 12.8. The summed E-state index contributed by atoms with van der Waals surface area (Å²) in [5, 5.41) is 18.7. The predicted octanol–water partition coefficient (Wildman–Crippen LogP) is 1.74. The topological polar surface area (TPSA) is 60.6 Å². The fourth-order valence-electron chi connectivity index (χ4n) is 2.79. The van der Waals surface area contributed by atoms with Crippen LogP contribution in [0.1, 0.15) is 23.0 Å². The average Bonchev–Trinajstić information content (AvgIpc) is 3.17. The molecule has 0 saturated carbocycles. The summed E-state index contributed by atoms with van der Waals surface area (Å²) in [6.45, 7) is 3.92. The van der Waals surface area contributed by atoms with Gasteiger partial charge in [-0.3, -0.25) is 4.68 Å². The first kappa shape index (κ1) is 12.7. The van der Waals surface area contributed by atoms with Crippen molar-refractivity contribution in [3.63, 3.8) is 0 Å². The minimum atomic E-state index is 0.0639. The zero-order valence-electron chi connectivity index (χ0n) is 11.9. The molecule has 3 aromatic rings. The minimum Gasteiger partial charge on any atom is -0.307 e. The molecule has 0 spiro atoms. The van der Waals surface area contributed by atoms with Gasteiger partial charge in [0.25, 0.3) is 0 Å². The lowest BCUT2D eigenvalue weighted by atomic mass is 10.1. The Morgan fingerprint density at radius 2 is 2.29 bits per heavy atom.